The van der Waals surface area contributed by atoms with E-state index < -0.39 is 10.7 Å². The van der Waals surface area contributed by atoms with Crippen molar-refractivity contribution in [1.82, 2.24) is 0 Å². The van der Waals surface area contributed by atoms with Crippen molar-refractivity contribution in [3.63, 3.8) is 0 Å². The van der Waals surface area contributed by atoms with E-state index in [-0.39, 0.29) is 27.4 Å². The number of hydrogen-bond donors (Lipinski definition) is 0. The first-order valence-corrected chi connectivity index (χ1v) is 5.62. The Morgan fingerprint density at radius 2 is 2.25 bits per heavy atom. The summed E-state index contributed by atoms with van der Waals surface area (Å²) in [5.74, 6) is -0.330. The zero-order valence-electron chi connectivity index (χ0n) is 8.20. The van der Waals surface area contributed by atoms with E-state index in [1.807, 2.05) is 0 Å². The minimum Gasteiger partial charge on any atom is -0.496 e. The number of nitrogens with zero attached hydrogens (tertiary/aromatic N) is 1. The summed E-state index contributed by atoms with van der Waals surface area (Å²) in [6.45, 7) is 0. The van der Waals surface area contributed by atoms with E-state index in [2.05, 4.69) is 15.9 Å². The summed E-state index contributed by atoms with van der Waals surface area (Å²) >= 11 is 8.64. The molecule has 16 heavy (non-hydrogen) atoms. The van der Waals surface area contributed by atoms with Gasteiger partial charge in [0.1, 0.15) is 11.3 Å². The monoisotopic (exact) mass is 307 g/mol. The summed E-state index contributed by atoms with van der Waals surface area (Å²) in [5, 5.41) is 10.9. The van der Waals surface area contributed by atoms with Gasteiger partial charge in [-0.3, -0.25) is 14.9 Å². The zero-order chi connectivity index (χ0) is 12.3. The van der Waals surface area contributed by atoms with Crippen LogP contribution in [-0.4, -0.2) is 23.1 Å². The van der Waals surface area contributed by atoms with Crippen molar-refractivity contribution in [2.75, 3.05) is 12.4 Å². The first kappa shape index (κ1) is 12.9. The van der Waals surface area contributed by atoms with E-state index >= 15 is 0 Å². The summed E-state index contributed by atoms with van der Waals surface area (Å²) in [6.07, 6.45) is 0. The number of ether oxygens (including phenoxy) is 1. The van der Waals surface area contributed by atoms with Gasteiger partial charge < -0.3 is 4.74 Å². The molecule has 0 fully saturated rings. The number of rotatable bonds is 4. The Morgan fingerprint density at radius 1 is 1.62 bits per heavy atom. The Hall–Kier alpha value is -1.14. The number of hydrogen-bond acceptors (Lipinski definition) is 4. The maximum absolute atomic E-state index is 11.6. The maximum Gasteiger partial charge on any atom is 0.285 e. The Kier molecular flexibility index (Phi) is 4.26. The molecule has 0 aliphatic rings. The molecule has 0 radical (unpaired) electrons. The third-order valence-electron chi connectivity index (χ3n) is 1.86. The van der Waals surface area contributed by atoms with E-state index in [4.69, 9.17) is 16.3 Å². The normalized spacial score (nSPS) is 9.94. The van der Waals surface area contributed by atoms with Crippen molar-refractivity contribution in [1.29, 1.82) is 0 Å². The fraction of sp³-hybridized carbons (Fsp3) is 0.222. The number of alkyl halides is 1. The second kappa shape index (κ2) is 5.27. The van der Waals surface area contributed by atoms with Crippen LogP contribution in [0.25, 0.3) is 0 Å². The summed E-state index contributed by atoms with van der Waals surface area (Å²) in [7, 11) is 1.32. The first-order chi connectivity index (χ1) is 7.51. The SMILES string of the molecule is COc1cc(Cl)cc([N+](=O)[O-])c1C(=O)CBr. The predicted octanol–water partition coefficient (Wildman–Crippen LogP) is 2.83. The molecule has 0 saturated carbocycles. The lowest BCUT2D eigenvalue weighted by atomic mass is 10.1. The van der Waals surface area contributed by atoms with E-state index in [1.54, 1.807) is 0 Å². The van der Waals surface area contributed by atoms with Crippen LogP contribution in [0.4, 0.5) is 5.69 Å². The average Bonchev–Trinajstić information content (AvgIpc) is 2.26. The molecule has 0 spiro atoms. The lowest BCUT2D eigenvalue weighted by Gasteiger charge is -2.07. The number of nitro groups is 1. The fourth-order valence-corrected chi connectivity index (χ4v) is 1.70. The number of halogens is 2. The van der Waals surface area contributed by atoms with Gasteiger partial charge in [0.05, 0.1) is 22.4 Å². The van der Waals surface area contributed by atoms with Crippen LogP contribution in [0.15, 0.2) is 12.1 Å². The molecule has 86 valence electrons. The second-order valence-corrected chi connectivity index (χ2v) is 3.81. The molecule has 5 nitrogen and oxygen atoms in total. The van der Waals surface area contributed by atoms with Crippen LogP contribution < -0.4 is 4.74 Å². The Morgan fingerprint density at radius 3 is 2.69 bits per heavy atom. The smallest absolute Gasteiger partial charge is 0.285 e. The molecule has 0 aliphatic carbocycles. The first-order valence-electron chi connectivity index (χ1n) is 4.12. The van der Waals surface area contributed by atoms with Crippen molar-refractivity contribution >= 4 is 39.0 Å². The molecule has 0 amide bonds. The molecular formula is C9H7BrClNO4. The van der Waals surface area contributed by atoms with Gasteiger partial charge in [0.2, 0.25) is 0 Å². The molecule has 1 rings (SSSR count). The quantitative estimate of drug-likeness (QED) is 0.371. The van der Waals surface area contributed by atoms with Crippen LogP contribution in [0, 0.1) is 10.1 Å². The van der Waals surface area contributed by atoms with E-state index in [0.29, 0.717) is 0 Å². The Bertz CT molecular complexity index is 449. The van der Waals surface area contributed by atoms with E-state index in [1.165, 1.54) is 13.2 Å². The molecule has 0 bridgehead atoms. The van der Waals surface area contributed by atoms with E-state index in [9.17, 15) is 14.9 Å². The van der Waals surface area contributed by atoms with Crippen molar-refractivity contribution < 1.29 is 14.5 Å². The summed E-state index contributed by atoms with van der Waals surface area (Å²) in [5.41, 5.74) is -0.428. The van der Waals surface area contributed by atoms with Crippen LogP contribution in [0.1, 0.15) is 10.4 Å². The number of methoxy groups -OCH3 is 1. The summed E-state index contributed by atoms with van der Waals surface area (Å²) in [6, 6.07) is 2.49. The van der Waals surface area contributed by atoms with Crippen LogP contribution in [-0.2, 0) is 0 Å². The summed E-state index contributed by atoms with van der Waals surface area (Å²) in [4.78, 5) is 21.7. The zero-order valence-corrected chi connectivity index (χ0v) is 10.5. The highest BCUT2D eigenvalue weighted by Gasteiger charge is 2.25. The van der Waals surface area contributed by atoms with Crippen LogP contribution in [0.5, 0.6) is 5.75 Å². The lowest BCUT2D eigenvalue weighted by molar-refractivity contribution is -0.385. The molecule has 0 aromatic heterocycles. The molecule has 0 atom stereocenters. The van der Waals surface area contributed by atoms with Gasteiger partial charge in [0.15, 0.2) is 5.78 Å². The second-order valence-electron chi connectivity index (χ2n) is 2.82. The minimum absolute atomic E-state index is 0.0220. The van der Waals surface area contributed by atoms with E-state index in [0.717, 1.165) is 6.07 Å². The molecule has 0 N–H and O–H groups in total. The maximum atomic E-state index is 11.6. The minimum atomic E-state index is -0.662. The van der Waals surface area contributed by atoms with Crippen LogP contribution in [0.2, 0.25) is 5.02 Å². The number of ketones is 1. The highest BCUT2D eigenvalue weighted by atomic mass is 79.9. The third-order valence-corrected chi connectivity index (χ3v) is 2.59. The number of carbonyl (C=O) groups excluding carboxylic acids is 1. The molecular weight excluding hydrogens is 301 g/mol. The third kappa shape index (κ3) is 2.51. The van der Waals surface area contributed by atoms with Gasteiger partial charge >= 0.3 is 0 Å². The topological polar surface area (TPSA) is 69.4 Å². The van der Waals surface area contributed by atoms with Gasteiger partial charge in [-0.05, 0) is 0 Å². The highest BCUT2D eigenvalue weighted by Crippen LogP contribution is 2.33. The van der Waals surface area contributed by atoms with Crippen LogP contribution >= 0.6 is 27.5 Å². The standard InChI is InChI=1S/C9H7BrClNO4/c1-16-8-3-5(11)2-6(12(14)15)9(8)7(13)4-10/h2-3H,4H2,1H3. The van der Waals surface area contributed by atoms with Gasteiger partial charge in [0, 0.05) is 12.1 Å². The van der Waals surface area contributed by atoms with Crippen molar-refractivity contribution in [2.24, 2.45) is 0 Å². The highest BCUT2D eigenvalue weighted by molar-refractivity contribution is 9.09. The Labute approximate surface area is 105 Å². The number of nitro benzene ring substituents is 1. The molecule has 0 heterocycles. The average molecular weight is 309 g/mol. The van der Waals surface area contributed by atoms with Crippen molar-refractivity contribution in [3.8, 4) is 5.75 Å². The van der Waals surface area contributed by atoms with Gasteiger partial charge in [-0.15, -0.1) is 0 Å². The molecule has 1 aromatic carbocycles. The lowest BCUT2D eigenvalue weighted by Crippen LogP contribution is -2.07. The van der Waals surface area contributed by atoms with Gasteiger partial charge in [0.25, 0.3) is 5.69 Å². The van der Waals surface area contributed by atoms with Crippen molar-refractivity contribution in [2.45, 2.75) is 0 Å². The summed E-state index contributed by atoms with van der Waals surface area (Å²) < 4.78 is 4.91. The van der Waals surface area contributed by atoms with Crippen molar-refractivity contribution in [3.05, 3.63) is 32.8 Å². The fourth-order valence-electron chi connectivity index (χ4n) is 1.22. The Balaban J connectivity index is 3.51. The number of benzene rings is 1. The molecule has 0 unspecified atom stereocenters. The predicted molar refractivity (Wildman–Crippen MR) is 62.8 cm³/mol. The largest absolute Gasteiger partial charge is 0.496 e. The van der Waals surface area contributed by atoms with Gasteiger partial charge in [-0.25, -0.2) is 0 Å². The number of carbonyl (C=O) groups is 1. The number of Topliss-reactive ketones (excluding diaryl/α,β-unsaturated/α-hetero) is 1. The van der Waals surface area contributed by atoms with Gasteiger partial charge in [-0.1, -0.05) is 27.5 Å². The molecule has 0 aliphatic heterocycles. The molecule has 0 saturated heterocycles. The van der Waals surface area contributed by atoms with Gasteiger partial charge in [-0.2, -0.15) is 0 Å². The molecule has 7 heteroatoms. The molecule has 1 aromatic rings. The van der Waals surface area contributed by atoms with Crippen LogP contribution in [0.3, 0.4) is 0 Å².